The van der Waals surface area contributed by atoms with Crippen molar-refractivity contribution in [2.24, 2.45) is 0 Å². The van der Waals surface area contributed by atoms with Gasteiger partial charge in [0.15, 0.2) is 35.5 Å². The highest BCUT2D eigenvalue weighted by molar-refractivity contribution is 7.89. The number of aliphatic hydroxyl groups is 1. The number of phosphoric acid groups is 1. The topological polar surface area (TPSA) is 189 Å². The third-order valence-electron chi connectivity index (χ3n) is 5.51. The second-order valence-electron chi connectivity index (χ2n) is 7.52. The van der Waals surface area contributed by atoms with E-state index in [-0.39, 0.29) is 18.8 Å². The molecule has 5 rings (SSSR count). The van der Waals surface area contributed by atoms with E-state index < -0.39 is 32.4 Å². The van der Waals surface area contributed by atoms with Crippen LogP contribution in [0.25, 0.3) is 11.2 Å². The van der Waals surface area contributed by atoms with Crippen molar-refractivity contribution in [1.29, 1.82) is 0 Å². The Morgan fingerprint density at radius 2 is 2.12 bits per heavy atom. The number of aromatic nitrogens is 4. The normalized spacial score (nSPS) is 36.7. The Bertz CT molecular complexity index is 1010. The van der Waals surface area contributed by atoms with Crippen LogP contribution in [0.1, 0.15) is 25.5 Å². The molecule has 0 amide bonds. The van der Waals surface area contributed by atoms with Crippen LogP contribution in [0.3, 0.4) is 0 Å². The highest BCUT2D eigenvalue weighted by Gasteiger charge is 2.58. The molecule has 2 aromatic heterocycles. The molecule has 176 valence electrons. The van der Waals surface area contributed by atoms with Gasteiger partial charge in [0.2, 0.25) is 0 Å². The Hall–Kier alpha value is -1.43. The van der Waals surface area contributed by atoms with Gasteiger partial charge in [-0.3, -0.25) is 17.8 Å². The highest BCUT2D eigenvalue weighted by atomic mass is 32.2. The summed E-state index contributed by atoms with van der Waals surface area (Å²) in [6.07, 6.45) is 1.09. The average Bonchev–Trinajstić information content (AvgIpc) is 3.49. The van der Waals surface area contributed by atoms with E-state index in [4.69, 9.17) is 23.2 Å². The fourth-order valence-electron chi connectivity index (χ4n) is 4.19. The molecule has 0 bridgehead atoms. The van der Waals surface area contributed by atoms with Gasteiger partial charge in [-0.25, -0.2) is 24.8 Å². The third kappa shape index (κ3) is 4.36. The molecule has 4 N–H and O–H groups in total. The van der Waals surface area contributed by atoms with Crippen molar-refractivity contribution in [3.05, 3.63) is 12.7 Å². The molecule has 3 fully saturated rings. The second-order valence-corrected chi connectivity index (χ2v) is 9.39. The molecule has 0 radical (unpaired) electrons. The maximum atomic E-state index is 12.1. The molecule has 2 aliphatic heterocycles. The molecule has 1 unspecified atom stereocenters. The van der Waals surface area contributed by atoms with Crippen molar-refractivity contribution in [3.63, 3.8) is 0 Å². The van der Waals surface area contributed by atoms with Crippen LogP contribution >= 0.6 is 20.1 Å². The maximum Gasteiger partial charge on any atom is 0.473 e. The number of fused-ring (bicyclic) bond motifs is 2. The van der Waals surface area contributed by atoms with Crippen LogP contribution in [0.5, 0.6) is 0 Å². The summed E-state index contributed by atoms with van der Waals surface area (Å²) in [7, 11) is -4.28. The van der Waals surface area contributed by atoms with E-state index in [1.807, 2.05) is 0 Å². The van der Waals surface area contributed by atoms with Crippen LogP contribution in [-0.2, 0) is 31.9 Å². The number of imidazole rings is 1. The molecule has 17 heteroatoms. The molecule has 32 heavy (non-hydrogen) atoms. The number of rotatable bonds is 8. The molecule has 2 saturated heterocycles. The predicted molar refractivity (Wildman–Crippen MR) is 104 cm³/mol. The molecule has 3 aliphatic rings. The fourth-order valence-corrected chi connectivity index (χ4v) is 5.59. The zero-order valence-corrected chi connectivity index (χ0v) is 18.0. The van der Waals surface area contributed by atoms with E-state index in [1.54, 1.807) is 4.57 Å². The fraction of sp³-hybridized carbons (Fsp3) is 0.667. The quantitative estimate of drug-likeness (QED) is 0.133. The molecule has 15 nitrogen and oxygen atoms in total. The molecule has 0 spiro atoms. The van der Waals surface area contributed by atoms with Gasteiger partial charge in [-0.15, -0.1) is 4.33 Å². The maximum absolute atomic E-state index is 12.1. The molecular weight excluding hydrogens is 473 g/mol. The van der Waals surface area contributed by atoms with Gasteiger partial charge < -0.3 is 20.1 Å². The summed E-state index contributed by atoms with van der Waals surface area (Å²) in [5, 5.41) is 24.6. The van der Waals surface area contributed by atoms with Gasteiger partial charge in [0, 0.05) is 6.04 Å². The Balaban J connectivity index is 1.39. The third-order valence-corrected chi connectivity index (χ3v) is 6.88. The number of aliphatic hydroxyl groups excluding tert-OH is 1. The zero-order valence-electron chi connectivity index (χ0n) is 16.3. The molecule has 1 aliphatic carbocycles. The number of hydrogen-bond donors (Lipinski definition) is 4. The second kappa shape index (κ2) is 9.08. The lowest BCUT2D eigenvalue weighted by Gasteiger charge is -2.19. The summed E-state index contributed by atoms with van der Waals surface area (Å²) in [6.45, 7) is -0.131. The van der Waals surface area contributed by atoms with E-state index in [9.17, 15) is 14.6 Å². The first kappa shape index (κ1) is 22.4. The van der Waals surface area contributed by atoms with Crippen molar-refractivity contribution in [2.75, 3.05) is 11.9 Å². The SMILES string of the molecule is O=P1(O)O[C@@H]2[C@H](O1)[C@@H](COSOOO)O[C@H]2n1cnc2c(N[C@H]3CC[C@H](O)C3)ncnc21. The standard InChI is InChI=1S/C15H20N5O10PS/c21-8-2-1-7(3-8)19-13-10-14(17-5-16-13)20(6-18-10)15-12-11(27-31(23,24)28-12)9(26-15)4-25-32-30-29-22/h5-9,11-12,15,21-22H,1-4H2,(H,23,24)(H,16,17,19)/t7-,8-,9+,11+,12+,15+/m0/s1. The summed E-state index contributed by atoms with van der Waals surface area (Å²) < 4.78 is 39.2. The lowest BCUT2D eigenvalue weighted by Crippen LogP contribution is -2.31. The van der Waals surface area contributed by atoms with Gasteiger partial charge in [-0.2, -0.15) is 0 Å². The van der Waals surface area contributed by atoms with E-state index in [2.05, 4.69) is 29.6 Å². The van der Waals surface area contributed by atoms with Gasteiger partial charge in [0.25, 0.3) is 0 Å². The monoisotopic (exact) mass is 493 g/mol. The van der Waals surface area contributed by atoms with E-state index >= 15 is 0 Å². The molecular formula is C15H20N5O10PS. The van der Waals surface area contributed by atoms with E-state index in [0.717, 1.165) is 12.8 Å². The number of anilines is 1. The number of phosphoric ester groups is 1. The molecule has 2 aromatic rings. The molecule has 1 saturated carbocycles. The molecule has 4 heterocycles. The Kier molecular flexibility index (Phi) is 6.34. The summed E-state index contributed by atoms with van der Waals surface area (Å²) in [5.41, 5.74) is 0.893. The smallest absolute Gasteiger partial charge is 0.393 e. The van der Waals surface area contributed by atoms with Crippen molar-refractivity contribution < 1.29 is 47.2 Å². The van der Waals surface area contributed by atoms with Crippen molar-refractivity contribution >= 4 is 37.1 Å². The summed E-state index contributed by atoms with van der Waals surface area (Å²) in [4.78, 5) is 22.8. The Morgan fingerprint density at radius 1 is 1.28 bits per heavy atom. The van der Waals surface area contributed by atoms with Crippen LogP contribution in [0.4, 0.5) is 5.82 Å². The van der Waals surface area contributed by atoms with Gasteiger partial charge >= 0.3 is 7.82 Å². The van der Waals surface area contributed by atoms with Gasteiger partial charge in [-0.1, -0.05) is 5.04 Å². The molecule has 0 aromatic carbocycles. The minimum atomic E-state index is -4.28. The Labute approximate surface area is 184 Å². The van der Waals surface area contributed by atoms with Crippen molar-refractivity contribution in [2.45, 2.75) is 55.9 Å². The lowest BCUT2D eigenvalue weighted by atomic mass is 10.1. The van der Waals surface area contributed by atoms with E-state index in [0.29, 0.717) is 35.7 Å². The Morgan fingerprint density at radius 3 is 2.91 bits per heavy atom. The van der Waals surface area contributed by atoms with Gasteiger partial charge in [0.05, 0.1) is 19.0 Å². The van der Waals surface area contributed by atoms with E-state index in [1.165, 1.54) is 12.7 Å². The summed E-state index contributed by atoms with van der Waals surface area (Å²) in [5.74, 6) is 0.510. The first-order valence-corrected chi connectivity index (χ1v) is 11.8. The summed E-state index contributed by atoms with van der Waals surface area (Å²) >= 11 is 0.346. The van der Waals surface area contributed by atoms with Crippen LogP contribution in [0.2, 0.25) is 0 Å². The van der Waals surface area contributed by atoms with Crippen molar-refractivity contribution in [1.82, 2.24) is 19.5 Å². The minimum absolute atomic E-state index is 0.0661. The number of nitrogens with one attached hydrogen (secondary N) is 1. The van der Waals surface area contributed by atoms with Crippen LogP contribution < -0.4 is 5.32 Å². The summed E-state index contributed by atoms with van der Waals surface area (Å²) in [6, 6.07) is 0.0661. The number of ether oxygens (including phenoxy) is 1. The average molecular weight is 493 g/mol. The lowest BCUT2D eigenvalue weighted by molar-refractivity contribution is -0.434. The van der Waals surface area contributed by atoms with Crippen LogP contribution in [-0.4, -0.2) is 71.8 Å². The van der Waals surface area contributed by atoms with Crippen molar-refractivity contribution in [3.8, 4) is 0 Å². The predicted octanol–water partition coefficient (Wildman–Crippen LogP) is 0.934. The van der Waals surface area contributed by atoms with Gasteiger partial charge in [-0.05, 0) is 19.3 Å². The largest absolute Gasteiger partial charge is 0.473 e. The van der Waals surface area contributed by atoms with Crippen LogP contribution in [0, 0.1) is 0 Å². The van der Waals surface area contributed by atoms with Crippen LogP contribution in [0.15, 0.2) is 12.7 Å². The van der Waals surface area contributed by atoms with Gasteiger partial charge in [0.1, 0.15) is 24.6 Å². The number of nitrogens with zero attached hydrogens (tertiary/aromatic N) is 4. The highest BCUT2D eigenvalue weighted by Crippen LogP contribution is 2.58. The first-order valence-electron chi connectivity index (χ1n) is 9.69. The first-order chi connectivity index (χ1) is 15.4. The molecule has 7 atom stereocenters. The minimum Gasteiger partial charge on any atom is -0.393 e. The zero-order chi connectivity index (χ0) is 22.3. The number of hydrogen-bond acceptors (Lipinski definition) is 14.